The normalized spacial score (nSPS) is 29.5. The van der Waals surface area contributed by atoms with Crippen molar-refractivity contribution in [2.24, 2.45) is 23.2 Å². The lowest BCUT2D eigenvalue weighted by molar-refractivity contribution is -0.146. The quantitative estimate of drug-likeness (QED) is 0.393. The first kappa shape index (κ1) is 25.3. The number of aromatic nitrogens is 3. The van der Waals surface area contributed by atoms with E-state index in [0.29, 0.717) is 18.3 Å². The summed E-state index contributed by atoms with van der Waals surface area (Å²) in [6, 6.07) is 5.62. The van der Waals surface area contributed by atoms with Crippen LogP contribution in [-0.2, 0) is 23.3 Å². The van der Waals surface area contributed by atoms with Gasteiger partial charge in [-0.1, -0.05) is 43.2 Å². The number of alkyl halides is 3. The number of carbonyl (C=O) groups excluding carboxylic acids is 1. The van der Waals surface area contributed by atoms with Crippen LogP contribution in [-0.4, -0.2) is 20.7 Å². The summed E-state index contributed by atoms with van der Waals surface area (Å²) in [5.41, 5.74) is -0.0125. The molecule has 1 N–H and O–H groups in total. The Labute approximate surface area is 220 Å². The standard InChI is InChI=1S/C28H35F3N4OS/c29-28(30,31)22-8-6-18(7-9-22)17-37-26-34-33-24(35(26)23-4-2-1-3-5-23)16-32-25(36)27-13-19-10-20(14-27)12-21(11-19)15-27/h6-9,19-21,23H,1-5,10-17H2,(H,32,36). The van der Waals surface area contributed by atoms with Crippen LogP contribution in [0.15, 0.2) is 29.4 Å². The van der Waals surface area contributed by atoms with Crippen LogP contribution in [0.2, 0.25) is 0 Å². The molecule has 1 amide bonds. The van der Waals surface area contributed by atoms with Gasteiger partial charge in [0.25, 0.3) is 0 Å². The second kappa shape index (κ2) is 9.93. The van der Waals surface area contributed by atoms with Gasteiger partial charge in [-0.05, 0) is 86.8 Å². The van der Waals surface area contributed by atoms with Crippen molar-refractivity contribution in [3.8, 4) is 0 Å². The van der Waals surface area contributed by atoms with Gasteiger partial charge >= 0.3 is 6.18 Å². The molecule has 0 saturated heterocycles. The highest BCUT2D eigenvalue weighted by atomic mass is 32.2. The van der Waals surface area contributed by atoms with Gasteiger partial charge in [-0.15, -0.1) is 10.2 Å². The number of hydrogen-bond donors (Lipinski definition) is 1. The van der Waals surface area contributed by atoms with Crippen LogP contribution in [0.5, 0.6) is 0 Å². The highest BCUT2D eigenvalue weighted by Crippen LogP contribution is 2.60. The lowest BCUT2D eigenvalue weighted by Gasteiger charge is -2.55. The number of halogens is 3. The number of nitrogens with zero attached hydrogens (tertiary/aromatic N) is 3. The maximum atomic E-state index is 13.5. The Morgan fingerprint density at radius 1 is 0.973 bits per heavy atom. The maximum absolute atomic E-state index is 13.5. The number of carbonyl (C=O) groups is 1. The Morgan fingerprint density at radius 2 is 1.59 bits per heavy atom. The molecule has 1 aromatic heterocycles. The minimum atomic E-state index is -4.33. The molecule has 5 aliphatic rings. The molecule has 37 heavy (non-hydrogen) atoms. The molecule has 0 aliphatic heterocycles. The van der Waals surface area contributed by atoms with Gasteiger partial charge in [0, 0.05) is 17.2 Å². The van der Waals surface area contributed by atoms with Crippen molar-refractivity contribution >= 4 is 17.7 Å². The molecule has 5 saturated carbocycles. The van der Waals surface area contributed by atoms with Gasteiger partial charge in [0.2, 0.25) is 5.91 Å². The molecule has 2 aromatic rings. The molecular formula is C28H35F3N4OS. The van der Waals surface area contributed by atoms with E-state index >= 15 is 0 Å². The summed E-state index contributed by atoms with van der Waals surface area (Å²) in [6.45, 7) is 0.380. The van der Waals surface area contributed by atoms with Crippen LogP contribution < -0.4 is 5.32 Å². The Hall–Kier alpha value is -2.03. The SMILES string of the molecule is O=C(NCc1nnc(SCc2ccc(C(F)(F)F)cc2)n1C1CCCCC1)C12CC3CC(CC(C3)C1)C2. The van der Waals surface area contributed by atoms with Crippen LogP contribution in [0.3, 0.4) is 0 Å². The maximum Gasteiger partial charge on any atom is 0.416 e. The van der Waals surface area contributed by atoms with Gasteiger partial charge in [0.05, 0.1) is 12.1 Å². The zero-order valence-corrected chi connectivity index (χ0v) is 21.9. The van der Waals surface area contributed by atoms with Crippen molar-refractivity contribution in [3.63, 3.8) is 0 Å². The molecule has 1 heterocycles. The predicted octanol–water partition coefficient (Wildman–Crippen LogP) is 6.93. The fraction of sp³-hybridized carbons (Fsp3) is 0.679. The molecule has 0 radical (unpaired) electrons. The van der Waals surface area contributed by atoms with E-state index in [1.165, 1.54) is 49.6 Å². The average Bonchev–Trinajstić information content (AvgIpc) is 3.28. The minimum absolute atomic E-state index is 0.190. The summed E-state index contributed by atoms with van der Waals surface area (Å²) in [4.78, 5) is 13.5. The van der Waals surface area contributed by atoms with Crippen LogP contribution >= 0.6 is 11.8 Å². The topological polar surface area (TPSA) is 59.8 Å². The first-order valence-corrected chi connectivity index (χ1v) is 14.8. The Bertz CT molecular complexity index is 1090. The first-order chi connectivity index (χ1) is 17.8. The number of benzene rings is 1. The van der Waals surface area contributed by atoms with E-state index in [1.807, 2.05) is 0 Å². The fourth-order valence-electron chi connectivity index (χ4n) is 7.91. The second-order valence-electron chi connectivity index (χ2n) is 11.9. The molecule has 0 spiro atoms. The summed E-state index contributed by atoms with van der Waals surface area (Å²) in [5.74, 6) is 3.66. The summed E-state index contributed by atoms with van der Waals surface area (Å²) in [6.07, 6.45) is 8.36. The zero-order valence-electron chi connectivity index (χ0n) is 21.1. The number of nitrogens with one attached hydrogen (secondary N) is 1. The van der Waals surface area contributed by atoms with Crippen molar-refractivity contribution in [3.05, 3.63) is 41.2 Å². The van der Waals surface area contributed by atoms with E-state index in [0.717, 1.165) is 91.4 Å². The van der Waals surface area contributed by atoms with Crippen molar-refractivity contribution < 1.29 is 18.0 Å². The molecule has 5 nitrogen and oxygen atoms in total. The van der Waals surface area contributed by atoms with Crippen LogP contribution in [0.4, 0.5) is 13.2 Å². The molecule has 5 fully saturated rings. The number of hydrogen-bond acceptors (Lipinski definition) is 4. The number of rotatable bonds is 7. The van der Waals surface area contributed by atoms with E-state index in [-0.39, 0.29) is 11.3 Å². The Kier molecular flexibility index (Phi) is 6.78. The predicted molar refractivity (Wildman–Crippen MR) is 136 cm³/mol. The first-order valence-electron chi connectivity index (χ1n) is 13.8. The lowest BCUT2D eigenvalue weighted by Crippen LogP contribution is -2.53. The summed E-state index contributed by atoms with van der Waals surface area (Å²) in [7, 11) is 0. The smallest absolute Gasteiger partial charge is 0.348 e. The summed E-state index contributed by atoms with van der Waals surface area (Å²) < 4.78 is 40.9. The van der Waals surface area contributed by atoms with Crippen molar-refractivity contribution in [2.45, 2.75) is 100 Å². The zero-order chi connectivity index (χ0) is 25.6. The third-order valence-corrected chi connectivity index (χ3v) is 10.3. The van der Waals surface area contributed by atoms with Crippen molar-refractivity contribution in [2.75, 3.05) is 0 Å². The summed E-state index contributed by atoms with van der Waals surface area (Å²) in [5, 5.41) is 13.0. The van der Waals surface area contributed by atoms with Gasteiger partial charge in [-0.3, -0.25) is 4.79 Å². The van der Waals surface area contributed by atoms with Gasteiger partial charge in [-0.25, -0.2) is 0 Å². The molecule has 0 atom stereocenters. The minimum Gasteiger partial charge on any atom is -0.348 e. The highest BCUT2D eigenvalue weighted by molar-refractivity contribution is 7.98. The fourth-order valence-corrected chi connectivity index (χ4v) is 8.89. The van der Waals surface area contributed by atoms with Gasteiger partial charge in [-0.2, -0.15) is 13.2 Å². The Balaban J connectivity index is 1.16. The van der Waals surface area contributed by atoms with Gasteiger partial charge in [0.1, 0.15) is 0 Å². The average molecular weight is 533 g/mol. The molecule has 0 unspecified atom stereocenters. The van der Waals surface area contributed by atoms with Crippen molar-refractivity contribution in [1.82, 2.24) is 20.1 Å². The number of amides is 1. The molecule has 1 aromatic carbocycles. The third-order valence-electron chi connectivity index (χ3n) is 9.25. The molecule has 9 heteroatoms. The van der Waals surface area contributed by atoms with Crippen LogP contribution in [0, 0.1) is 23.2 Å². The largest absolute Gasteiger partial charge is 0.416 e. The third kappa shape index (κ3) is 5.17. The van der Waals surface area contributed by atoms with Crippen LogP contribution in [0.1, 0.15) is 93.6 Å². The van der Waals surface area contributed by atoms with Gasteiger partial charge < -0.3 is 9.88 Å². The Morgan fingerprint density at radius 3 is 2.19 bits per heavy atom. The van der Waals surface area contributed by atoms with Crippen LogP contribution in [0.25, 0.3) is 0 Å². The van der Waals surface area contributed by atoms with E-state index < -0.39 is 11.7 Å². The second-order valence-corrected chi connectivity index (χ2v) is 12.9. The lowest BCUT2D eigenvalue weighted by atomic mass is 9.49. The van der Waals surface area contributed by atoms with Crippen molar-refractivity contribution in [1.29, 1.82) is 0 Å². The van der Waals surface area contributed by atoms with E-state index in [4.69, 9.17) is 0 Å². The van der Waals surface area contributed by atoms with Gasteiger partial charge in [0.15, 0.2) is 11.0 Å². The van der Waals surface area contributed by atoms with E-state index in [9.17, 15) is 18.0 Å². The molecule has 5 aliphatic carbocycles. The molecule has 7 rings (SSSR count). The molecule has 4 bridgehead atoms. The number of thioether (sulfide) groups is 1. The molecular weight excluding hydrogens is 497 g/mol. The molecule has 200 valence electrons. The van der Waals surface area contributed by atoms with E-state index in [1.54, 1.807) is 0 Å². The monoisotopic (exact) mass is 532 g/mol. The summed E-state index contributed by atoms with van der Waals surface area (Å²) >= 11 is 1.50. The van der Waals surface area contributed by atoms with E-state index in [2.05, 4.69) is 20.1 Å². The highest BCUT2D eigenvalue weighted by Gasteiger charge is 2.54.